The van der Waals surface area contributed by atoms with E-state index >= 15 is 0 Å². The molecule has 0 bridgehead atoms. The SMILES string of the molecule is O=C(NCC1(CBr)CCCC1)c1ccc([N+](=O)[O-])s1. The van der Waals surface area contributed by atoms with E-state index in [4.69, 9.17) is 0 Å². The number of hydrogen-bond donors (Lipinski definition) is 1. The first-order valence-corrected chi connectivity index (χ1v) is 8.08. The molecule has 1 saturated carbocycles. The summed E-state index contributed by atoms with van der Waals surface area (Å²) in [4.78, 5) is 22.5. The molecule has 1 aliphatic carbocycles. The second-order valence-corrected chi connectivity index (χ2v) is 6.54. The molecule has 0 radical (unpaired) electrons. The lowest BCUT2D eigenvalue weighted by atomic mass is 9.89. The van der Waals surface area contributed by atoms with E-state index in [1.807, 2.05) is 0 Å². The number of hydrogen-bond acceptors (Lipinski definition) is 4. The van der Waals surface area contributed by atoms with Gasteiger partial charge in [0.05, 0.1) is 9.80 Å². The highest BCUT2D eigenvalue weighted by Gasteiger charge is 2.33. The first kappa shape index (κ1) is 14.5. The van der Waals surface area contributed by atoms with Gasteiger partial charge in [-0.25, -0.2) is 0 Å². The van der Waals surface area contributed by atoms with Gasteiger partial charge < -0.3 is 5.32 Å². The normalized spacial score (nSPS) is 17.3. The largest absolute Gasteiger partial charge is 0.351 e. The topological polar surface area (TPSA) is 72.2 Å². The molecule has 1 aromatic rings. The Balaban J connectivity index is 1.95. The number of halogens is 1. The summed E-state index contributed by atoms with van der Waals surface area (Å²) in [6, 6.07) is 2.88. The summed E-state index contributed by atoms with van der Waals surface area (Å²) in [5.74, 6) is -0.217. The molecule has 1 heterocycles. The highest BCUT2D eigenvalue weighted by atomic mass is 79.9. The van der Waals surface area contributed by atoms with Crippen molar-refractivity contribution in [3.8, 4) is 0 Å². The smallest absolute Gasteiger partial charge is 0.324 e. The van der Waals surface area contributed by atoms with E-state index in [1.165, 1.54) is 25.0 Å². The fraction of sp³-hybridized carbons (Fsp3) is 0.583. The lowest BCUT2D eigenvalue weighted by molar-refractivity contribution is -0.380. The van der Waals surface area contributed by atoms with E-state index in [1.54, 1.807) is 0 Å². The summed E-state index contributed by atoms with van der Waals surface area (Å²) < 4.78 is 0. The zero-order valence-corrected chi connectivity index (χ0v) is 12.8. The van der Waals surface area contributed by atoms with Gasteiger partial charge in [-0.1, -0.05) is 40.1 Å². The van der Waals surface area contributed by atoms with Gasteiger partial charge in [0.2, 0.25) is 0 Å². The zero-order chi connectivity index (χ0) is 13.9. The first-order chi connectivity index (χ1) is 9.06. The van der Waals surface area contributed by atoms with Crippen molar-refractivity contribution in [1.82, 2.24) is 5.32 Å². The van der Waals surface area contributed by atoms with Crippen LogP contribution in [0.25, 0.3) is 0 Å². The molecule has 1 aliphatic rings. The predicted molar refractivity (Wildman–Crippen MR) is 78.0 cm³/mol. The van der Waals surface area contributed by atoms with E-state index in [-0.39, 0.29) is 16.3 Å². The molecule has 5 nitrogen and oxygen atoms in total. The highest BCUT2D eigenvalue weighted by Crippen LogP contribution is 2.39. The monoisotopic (exact) mass is 346 g/mol. The molecular formula is C12H15BrN2O3S. The number of nitro groups is 1. The average molecular weight is 347 g/mol. The van der Waals surface area contributed by atoms with Crippen LogP contribution in [-0.2, 0) is 0 Å². The van der Waals surface area contributed by atoms with Crippen molar-refractivity contribution < 1.29 is 9.72 Å². The van der Waals surface area contributed by atoms with Crippen LogP contribution in [0.4, 0.5) is 5.00 Å². The molecule has 1 N–H and O–H groups in total. The molecule has 1 fully saturated rings. The number of thiophene rings is 1. The molecular weight excluding hydrogens is 332 g/mol. The maximum Gasteiger partial charge on any atom is 0.324 e. The van der Waals surface area contributed by atoms with Crippen LogP contribution in [0.3, 0.4) is 0 Å². The van der Waals surface area contributed by atoms with Crippen molar-refractivity contribution in [1.29, 1.82) is 0 Å². The van der Waals surface area contributed by atoms with Gasteiger partial charge in [0, 0.05) is 17.9 Å². The van der Waals surface area contributed by atoms with Crippen molar-refractivity contribution in [2.75, 3.05) is 11.9 Å². The molecule has 19 heavy (non-hydrogen) atoms. The Kier molecular flexibility index (Phi) is 4.57. The van der Waals surface area contributed by atoms with Gasteiger partial charge >= 0.3 is 5.00 Å². The van der Waals surface area contributed by atoms with Crippen LogP contribution in [0.15, 0.2) is 12.1 Å². The van der Waals surface area contributed by atoms with Gasteiger partial charge in [0.25, 0.3) is 5.91 Å². The third kappa shape index (κ3) is 3.33. The highest BCUT2D eigenvalue weighted by molar-refractivity contribution is 9.09. The van der Waals surface area contributed by atoms with Crippen LogP contribution in [0.5, 0.6) is 0 Å². The van der Waals surface area contributed by atoms with Gasteiger partial charge in [-0.3, -0.25) is 14.9 Å². The van der Waals surface area contributed by atoms with Crippen molar-refractivity contribution >= 4 is 38.2 Å². The number of carbonyl (C=O) groups excluding carboxylic acids is 1. The fourth-order valence-corrected chi connectivity index (χ4v) is 3.88. The number of nitrogens with zero attached hydrogens (tertiary/aromatic N) is 1. The lowest BCUT2D eigenvalue weighted by Crippen LogP contribution is -2.36. The summed E-state index contributed by atoms with van der Waals surface area (Å²) in [7, 11) is 0. The Morgan fingerprint density at radius 3 is 2.68 bits per heavy atom. The Labute approximate surface area is 123 Å². The third-order valence-corrected chi connectivity index (χ3v) is 5.79. The lowest BCUT2D eigenvalue weighted by Gasteiger charge is -2.26. The molecule has 0 unspecified atom stereocenters. The van der Waals surface area contributed by atoms with Gasteiger partial charge in [-0.15, -0.1) is 0 Å². The van der Waals surface area contributed by atoms with Crippen LogP contribution < -0.4 is 5.32 Å². The van der Waals surface area contributed by atoms with E-state index in [0.29, 0.717) is 11.4 Å². The number of alkyl halides is 1. The summed E-state index contributed by atoms with van der Waals surface area (Å²) >= 11 is 4.44. The van der Waals surface area contributed by atoms with Gasteiger partial charge in [0.1, 0.15) is 0 Å². The number of carbonyl (C=O) groups is 1. The Hall–Kier alpha value is -0.950. The van der Waals surface area contributed by atoms with E-state index < -0.39 is 4.92 Å². The summed E-state index contributed by atoms with van der Waals surface area (Å²) in [6.45, 7) is 0.628. The number of nitrogens with one attached hydrogen (secondary N) is 1. The average Bonchev–Trinajstić information content (AvgIpc) is 3.06. The first-order valence-electron chi connectivity index (χ1n) is 6.15. The Bertz CT molecular complexity index is 483. The van der Waals surface area contributed by atoms with E-state index in [9.17, 15) is 14.9 Å². The molecule has 1 aromatic heterocycles. The summed E-state index contributed by atoms with van der Waals surface area (Å²) in [5.41, 5.74) is 0.152. The van der Waals surface area contributed by atoms with Crippen LogP contribution in [0, 0.1) is 15.5 Å². The maximum absolute atomic E-state index is 12.0. The fourth-order valence-electron chi connectivity index (χ4n) is 2.39. The molecule has 0 atom stereocenters. The summed E-state index contributed by atoms with van der Waals surface area (Å²) in [6.07, 6.45) is 4.63. The minimum Gasteiger partial charge on any atom is -0.351 e. The van der Waals surface area contributed by atoms with Crippen molar-refractivity contribution in [3.63, 3.8) is 0 Å². The van der Waals surface area contributed by atoms with Crippen molar-refractivity contribution in [3.05, 3.63) is 27.1 Å². The van der Waals surface area contributed by atoms with E-state index in [0.717, 1.165) is 29.5 Å². The minimum absolute atomic E-state index is 0.00113. The van der Waals surface area contributed by atoms with Gasteiger partial charge in [-0.05, 0) is 24.3 Å². The van der Waals surface area contributed by atoms with Crippen LogP contribution in [-0.4, -0.2) is 22.7 Å². The molecule has 0 aromatic carbocycles. The quantitative estimate of drug-likeness (QED) is 0.504. The second kappa shape index (κ2) is 6.00. The molecule has 1 amide bonds. The molecule has 0 spiro atoms. The van der Waals surface area contributed by atoms with E-state index in [2.05, 4.69) is 21.2 Å². The molecule has 2 rings (SSSR count). The molecule has 7 heteroatoms. The van der Waals surface area contributed by atoms with Crippen LogP contribution >= 0.6 is 27.3 Å². The summed E-state index contributed by atoms with van der Waals surface area (Å²) in [5, 5.41) is 14.4. The van der Waals surface area contributed by atoms with Crippen LogP contribution in [0.1, 0.15) is 35.4 Å². The van der Waals surface area contributed by atoms with Crippen LogP contribution in [0.2, 0.25) is 0 Å². The minimum atomic E-state index is -0.474. The second-order valence-electron chi connectivity index (χ2n) is 4.92. The van der Waals surface area contributed by atoms with Crippen molar-refractivity contribution in [2.24, 2.45) is 5.41 Å². The predicted octanol–water partition coefficient (Wildman–Crippen LogP) is 3.34. The molecule has 0 saturated heterocycles. The van der Waals surface area contributed by atoms with Gasteiger partial charge in [-0.2, -0.15) is 0 Å². The van der Waals surface area contributed by atoms with Crippen molar-refractivity contribution in [2.45, 2.75) is 25.7 Å². The molecule has 104 valence electrons. The third-order valence-electron chi connectivity index (χ3n) is 3.57. The number of amides is 1. The Morgan fingerprint density at radius 2 is 2.16 bits per heavy atom. The standard InChI is InChI=1S/C12H15BrN2O3S/c13-7-12(5-1-2-6-12)8-14-11(16)9-3-4-10(19-9)15(17)18/h3-4H,1-2,5-8H2,(H,14,16). The maximum atomic E-state index is 12.0. The Morgan fingerprint density at radius 1 is 1.47 bits per heavy atom. The molecule has 0 aliphatic heterocycles. The zero-order valence-electron chi connectivity index (χ0n) is 10.4. The number of rotatable bonds is 5. The van der Waals surface area contributed by atoms with Gasteiger partial charge in [0.15, 0.2) is 0 Å².